The zero-order chi connectivity index (χ0) is 9.10. The highest BCUT2D eigenvalue weighted by Gasteiger charge is 2.19. The molecule has 1 aliphatic heterocycles. The van der Waals surface area contributed by atoms with Crippen molar-refractivity contribution in [2.24, 2.45) is 0 Å². The van der Waals surface area contributed by atoms with Gasteiger partial charge in [0.2, 0.25) is 0 Å². The van der Waals surface area contributed by atoms with E-state index in [-0.39, 0.29) is 0 Å². The number of piperidine rings is 1. The molecule has 0 unspecified atom stereocenters. The number of nitrogens with one attached hydrogen (secondary N) is 1. The van der Waals surface area contributed by atoms with Gasteiger partial charge in [0.1, 0.15) is 0 Å². The van der Waals surface area contributed by atoms with Gasteiger partial charge in [0.15, 0.2) is 0 Å². The van der Waals surface area contributed by atoms with Crippen molar-refractivity contribution in [2.45, 2.75) is 32.1 Å². The molecule has 0 bridgehead atoms. The number of rotatable bonds is 2. The van der Waals surface area contributed by atoms with E-state index in [1.165, 1.54) is 23.4 Å². The van der Waals surface area contributed by atoms with Crippen molar-refractivity contribution in [1.82, 2.24) is 10.3 Å². The van der Waals surface area contributed by atoms with Crippen molar-refractivity contribution >= 4 is 11.3 Å². The minimum Gasteiger partial charge on any atom is -0.317 e. The topological polar surface area (TPSA) is 24.9 Å². The molecule has 13 heavy (non-hydrogen) atoms. The van der Waals surface area contributed by atoms with Gasteiger partial charge in [-0.2, -0.15) is 0 Å². The summed E-state index contributed by atoms with van der Waals surface area (Å²) in [5.74, 6) is 0.724. The maximum Gasteiger partial charge on any atom is 0.0797 e. The largest absolute Gasteiger partial charge is 0.317 e. The van der Waals surface area contributed by atoms with Crippen LogP contribution in [0.4, 0.5) is 0 Å². The van der Waals surface area contributed by atoms with Crippen molar-refractivity contribution in [3.8, 4) is 0 Å². The summed E-state index contributed by atoms with van der Waals surface area (Å²) in [5, 5.41) is 3.39. The second-order valence-electron chi connectivity index (χ2n) is 3.54. The summed E-state index contributed by atoms with van der Waals surface area (Å²) >= 11 is 1.81. The van der Waals surface area contributed by atoms with Gasteiger partial charge in [0.25, 0.3) is 0 Å². The third-order valence-corrected chi connectivity index (χ3v) is 3.71. The Morgan fingerprint density at radius 1 is 1.54 bits per heavy atom. The summed E-state index contributed by atoms with van der Waals surface area (Å²) in [7, 11) is 0. The monoisotopic (exact) mass is 196 g/mol. The molecule has 0 atom stereocenters. The van der Waals surface area contributed by atoms with Gasteiger partial charge in [0, 0.05) is 10.8 Å². The molecule has 0 spiro atoms. The summed E-state index contributed by atoms with van der Waals surface area (Å²) in [6.45, 7) is 4.54. The van der Waals surface area contributed by atoms with E-state index in [1.807, 2.05) is 16.8 Å². The lowest BCUT2D eigenvalue weighted by molar-refractivity contribution is 0.453. The lowest BCUT2D eigenvalue weighted by Crippen LogP contribution is -2.27. The van der Waals surface area contributed by atoms with Crippen LogP contribution in [-0.2, 0) is 6.42 Å². The molecule has 2 nitrogen and oxygen atoms in total. The predicted octanol–water partition coefficient (Wildman–Crippen LogP) is 2.17. The fourth-order valence-corrected chi connectivity index (χ4v) is 2.77. The average Bonchev–Trinajstić information content (AvgIpc) is 2.67. The predicted molar refractivity (Wildman–Crippen MR) is 56.3 cm³/mol. The molecular formula is C10H16N2S. The highest BCUT2D eigenvalue weighted by atomic mass is 32.1. The van der Waals surface area contributed by atoms with E-state index in [0.717, 1.165) is 25.4 Å². The van der Waals surface area contributed by atoms with Crippen molar-refractivity contribution in [3.05, 3.63) is 16.1 Å². The summed E-state index contributed by atoms with van der Waals surface area (Å²) in [6.07, 6.45) is 3.66. The molecule has 3 heteroatoms. The number of nitrogens with zero attached hydrogens (tertiary/aromatic N) is 1. The van der Waals surface area contributed by atoms with E-state index in [9.17, 15) is 0 Å². The molecule has 1 aliphatic rings. The van der Waals surface area contributed by atoms with Crippen LogP contribution in [0.15, 0.2) is 5.51 Å². The molecule has 0 radical (unpaired) electrons. The highest BCUT2D eigenvalue weighted by molar-refractivity contribution is 7.09. The number of thiazole rings is 1. The Bertz CT molecular complexity index is 264. The number of hydrogen-bond donors (Lipinski definition) is 1. The first kappa shape index (κ1) is 9.16. The molecule has 2 rings (SSSR count). The Balaban J connectivity index is 2.13. The number of aromatic nitrogens is 1. The maximum atomic E-state index is 4.50. The Hall–Kier alpha value is -0.410. The first-order chi connectivity index (χ1) is 6.42. The minimum absolute atomic E-state index is 0.724. The smallest absolute Gasteiger partial charge is 0.0797 e. The first-order valence-electron chi connectivity index (χ1n) is 5.04. The Morgan fingerprint density at radius 3 is 3.00 bits per heavy atom. The summed E-state index contributed by atoms with van der Waals surface area (Å²) in [4.78, 5) is 5.99. The average molecular weight is 196 g/mol. The van der Waals surface area contributed by atoms with Gasteiger partial charge < -0.3 is 5.32 Å². The van der Waals surface area contributed by atoms with Gasteiger partial charge in [-0.15, -0.1) is 11.3 Å². The normalized spacial score (nSPS) is 19.2. The van der Waals surface area contributed by atoms with E-state index in [2.05, 4.69) is 17.2 Å². The van der Waals surface area contributed by atoms with Gasteiger partial charge in [-0.05, 0) is 32.4 Å². The van der Waals surface area contributed by atoms with Gasteiger partial charge in [-0.25, -0.2) is 4.98 Å². The molecule has 1 aromatic rings. The molecule has 0 aromatic carbocycles. The van der Waals surface area contributed by atoms with Crippen LogP contribution >= 0.6 is 11.3 Å². The molecule has 1 aromatic heterocycles. The number of aryl methyl sites for hydroxylation is 1. The highest BCUT2D eigenvalue weighted by Crippen LogP contribution is 2.29. The van der Waals surface area contributed by atoms with Crippen molar-refractivity contribution in [1.29, 1.82) is 0 Å². The van der Waals surface area contributed by atoms with E-state index in [1.54, 1.807) is 0 Å². The maximum absolute atomic E-state index is 4.50. The molecule has 1 N–H and O–H groups in total. The zero-order valence-electron chi connectivity index (χ0n) is 8.05. The van der Waals surface area contributed by atoms with Crippen LogP contribution in [-0.4, -0.2) is 18.1 Å². The molecule has 1 fully saturated rings. The first-order valence-corrected chi connectivity index (χ1v) is 5.92. The minimum atomic E-state index is 0.724. The molecular weight excluding hydrogens is 180 g/mol. The lowest BCUT2D eigenvalue weighted by Gasteiger charge is -2.21. The molecule has 0 saturated carbocycles. The van der Waals surface area contributed by atoms with Crippen LogP contribution in [0, 0.1) is 0 Å². The van der Waals surface area contributed by atoms with Crippen LogP contribution in [0.1, 0.15) is 36.3 Å². The van der Waals surface area contributed by atoms with Crippen molar-refractivity contribution in [3.63, 3.8) is 0 Å². The third kappa shape index (κ3) is 1.92. The zero-order valence-corrected chi connectivity index (χ0v) is 8.86. The molecule has 0 aliphatic carbocycles. The second-order valence-corrected chi connectivity index (χ2v) is 4.48. The Labute approximate surface area is 83.4 Å². The summed E-state index contributed by atoms with van der Waals surface area (Å²) in [6, 6.07) is 0. The standard InChI is InChI=1S/C10H16N2S/c1-2-9-10(12-7-13-9)8-3-5-11-6-4-8/h7-8,11H,2-6H2,1H3. The van der Waals surface area contributed by atoms with Crippen LogP contribution in [0.2, 0.25) is 0 Å². The van der Waals surface area contributed by atoms with Crippen LogP contribution < -0.4 is 5.32 Å². The SMILES string of the molecule is CCc1scnc1C1CCNCC1. The second kappa shape index (κ2) is 4.20. The number of hydrogen-bond acceptors (Lipinski definition) is 3. The van der Waals surface area contributed by atoms with Crippen LogP contribution in [0.5, 0.6) is 0 Å². The fraction of sp³-hybridized carbons (Fsp3) is 0.700. The third-order valence-electron chi connectivity index (χ3n) is 2.72. The molecule has 1 saturated heterocycles. The van der Waals surface area contributed by atoms with E-state index in [4.69, 9.17) is 0 Å². The van der Waals surface area contributed by atoms with E-state index >= 15 is 0 Å². The molecule has 72 valence electrons. The van der Waals surface area contributed by atoms with Gasteiger partial charge in [0.05, 0.1) is 11.2 Å². The van der Waals surface area contributed by atoms with Crippen LogP contribution in [0.25, 0.3) is 0 Å². The Kier molecular flexibility index (Phi) is 2.96. The Morgan fingerprint density at radius 2 is 2.31 bits per heavy atom. The van der Waals surface area contributed by atoms with E-state index in [0.29, 0.717) is 0 Å². The van der Waals surface area contributed by atoms with Crippen LogP contribution in [0.3, 0.4) is 0 Å². The van der Waals surface area contributed by atoms with Gasteiger partial charge in [-0.3, -0.25) is 0 Å². The summed E-state index contributed by atoms with van der Waals surface area (Å²) < 4.78 is 0. The van der Waals surface area contributed by atoms with E-state index < -0.39 is 0 Å². The van der Waals surface area contributed by atoms with Crippen molar-refractivity contribution < 1.29 is 0 Å². The summed E-state index contributed by atoms with van der Waals surface area (Å²) in [5.41, 5.74) is 3.38. The van der Waals surface area contributed by atoms with Crippen molar-refractivity contribution in [2.75, 3.05) is 13.1 Å². The molecule has 2 heterocycles. The van der Waals surface area contributed by atoms with Gasteiger partial charge in [-0.1, -0.05) is 6.92 Å². The molecule has 0 amide bonds. The quantitative estimate of drug-likeness (QED) is 0.784. The lowest BCUT2D eigenvalue weighted by atomic mass is 9.93. The van der Waals surface area contributed by atoms with Gasteiger partial charge >= 0.3 is 0 Å². The fourth-order valence-electron chi connectivity index (χ4n) is 1.97.